The number of carbonyl (C=O) groups excluding carboxylic acids is 11. The van der Waals surface area contributed by atoms with E-state index in [1.54, 1.807) is 27.7 Å². The van der Waals surface area contributed by atoms with Crippen molar-refractivity contribution in [2.24, 2.45) is 34.8 Å². The number of aliphatic hydroxyl groups excluding tert-OH is 3. The van der Waals surface area contributed by atoms with Gasteiger partial charge < -0.3 is 96.7 Å². The Morgan fingerprint density at radius 3 is 1.45 bits per heavy atom. The predicted octanol–water partition coefficient (Wildman–Crippen LogP) is -6.04. The molecule has 0 saturated carbocycles. The van der Waals surface area contributed by atoms with Gasteiger partial charge in [0.1, 0.15) is 60.4 Å². The summed E-state index contributed by atoms with van der Waals surface area (Å²) in [5.74, 6) is -10.5. The molecule has 80 heavy (non-hydrogen) atoms. The predicted molar refractivity (Wildman–Crippen MR) is 294 cm³/mol. The number of aliphatic hydroxyl groups is 3. The minimum absolute atomic E-state index is 0.0312. The topological polar surface area (TPSA) is 485 Å². The summed E-state index contributed by atoms with van der Waals surface area (Å²) in [5, 5.41) is 59.1. The van der Waals surface area contributed by atoms with Crippen LogP contribution in [0.1, 0.15) is 132 Å². The van der Waals surface area contributed by atoms with Crippen LogP contribution < -0.4 is 81.4 Å². The molecular formula is C51H95N15O14. The third-order valence-electron chi connectivity index (χ3n) is 12.9. The van der Waals surface area contributed by atoms with Crippen LogP contribution in [0.2, 0.25) is 0 Å². The van der Waals surface area contributed by atoms with Crippen molar-refractivity contribution in [2.45, 2.75) is 205 Å². The van der Waals surface area contributed by atoms with Gasteiger partial charge >= 0.3 is 0 Å². The van der Waals surface area contributed by atoms with E-state index in [2.05, 4.69) is 65.4 Å². The number of nitrogens with one attached hydrogen (secondary N) is 11. The molecule has 29 nitrogen and oxygen atoms in total. The molecule has 1 aliphatic rings. The van der Waals surface area contributed by atoms with Crippen molar-refractivity contribution in [3.63, 3.8) is 0 Å². The van der Waals surface area contributed by atoms with Crippen LogP contribution in [0.15, 0.2) is 0 Å². The highest BCUT2D eigenvalue weighted by molar-refractivity contribution is 5.99. The van der Waals surface area contributed by atoms with Crippen LogP contribution in [0.3, 0.4) is 0 Å². The van der Waals surface area contributed by atoms with Gasteiger partial charge in [0, 0.05) is 13.0 Å². The van der Waals surface area contributed by atoms with Crippen LogP contribution in [0, 0.1) is 11.8 Å². The fourth-order valence-electron chi connectivity index (χ4n) is 8.43. The molecule has 0 aromatic rings. The van der Waals surface area contributed by atoms with Crippen LogP contribution in [0.5, 0.6) is 0 Å². The number of nitrogens with two attached hydrogens (primary N) is 4. The summed E-state index contributed by atoms with van der Waals surface area (Å²) in [6.45, 7) is 9.41. The van der Waals surface area contributed by atoms with Gasteiger partial charge in [-0.1, -0.05) is 60.3 Å². The first kappa shape index (κ1) is 71.9. The maximum Gasteiger partial charge on any atom is 0.245 e. The number of hydrogen-bond acceptors (Lipinski definition) is 18. The standard InChI is InChI=1S/C51H95N15O14/c1-8-9-10-11-12-13-39(70)57-31(14-19-52)45(74)66-41(30(7)69)51(80)64-38(26-67)49(78)61-35-18-23-56-50(79)40(29(6)68)65-46(75)34(17-22-55)59-42(71)32(15-20-53)60-47(76)36(24-27(2)3)63-48(77)37(25-28(4)5)62-43(72)33(16-21-54)58-44(35)73/h27-38,40-41,67-69H,8-26,52-55H2,1-7H3,(H,56,79)(H,57,70)(H,58,73)(H,59,71)(H,60,76)(H,61,78)(H,62,72)(H,63,77)(H,64,80)(H,65,75)(H,66,74)/t29-,30-,31+,32+,33+,34+,35+,36+,37-,38+,40+,41+/m1/s1. The second-order valence-corrected chi connectivity index (χ2v) is 21.0. The Bertz CT molecular complexity index is 2010. The molecule has 11 amide bonds. The van der Waals surface area contributed by atoms with E-state index in [0.717, 1.165) is 32.6 Å². The van der Waals surface area contributed by atoms with Gasteiger partial charge in [0.05, 0.1) is 18.8 Å². The van der Waals surface area contributed by atoms with Gasteiger partial charge in [0.15, 0.2) is 0 Å². The summed E-state index contributed by atoms with van der Waals surface area (Å²) in [5.41, 5.74) is 23.2. The summed E-state index contributed by atoms with van der Waals surface area (Å²) in [6.07, 6.45) is 0.314. The smallest absolute Gasteiger partial charge is 0.245 e. The van der Waals surface area contributed by atoms with E-state index < -0.39 is 157 Å². The summed E-state index contributed by atoms with van der Waals surface area (Å²) < 4.78 is 0. The third-order valence-corrected chi connectivity index (χ3v) is 12.9. The van der Waals surface area contributed by atoms with E-state index in [-0.39, 0.29) is 83.0 Å². The lowest BCUT2D eigenvalue weighted by Crippen LogP contribution is -2.62. The Morgan fingerprint density at radius 1 is 0.550 bits per heavy atom. The largest absolute Gasteiger partial charge is 0.394 e. The van der Waals surface area contributed by atoms with Gasteiger partial charge in [-0.25, -0.2) is 0 Å². The van der Waals surface area contributed by atoms with Crippen molar-refractivity contribution in [3.05, 3.63) is 0 Å². The van der Waals surface area contributed by atoms with Crippen LogP contribution in [0.25, 0.3) is 0 Å². The zero-order valence-corrected chi connectivity index (χ0v) is 47.7. The van der Waals surface area contributed by atoms with Gasteiger partial charge in [-0.2, -0.15) is 0 Å². The molecule has 0 aromatic heterocycles. The molecule has 1 saturated heterocycles. The fraction of sp³-hybridized carbons (Fsp3) is 0.784. The molecule has 458 valence electrons. The summed E-state index contributed by atoms with van der Waals surface area (Å²) in [7, 11) is 0. The van der Waals surface area contributed by atoms with Gasteiger partial charge in [-0.15, -0.1) is 0 Å². The lowest BCUT2D eigenvalue weighted by atomic mass is 9.99. The minimum atomic E-state index is -1.88. The lowest BCUT2D eigenvalue weighted by Gasteiger charge is -2.29. The highest BCUT2D eigenvalue weighted by Crippen LogP contribution is 2.12. The highest BCUT2D eigenvalue weighted by Gasteiger charge is 2.37. The Hall–Kier alpha value is -6.11. The van der Waals surface area contributed by atoms with Crippen LogP contribution in [-0.2, 0) is 52.7 Å². The molecule has 0 unspecified atom stereocenters. The molecule has 0 aromatic carbocycles. The first-order valence-corrected chi connectivity index (χ1v) is 27.9. The second-order valence-electron chi connectivity index (χ2n) is 21.0. The third kappa shape index (κ3) is 26.4. The normalized spacial score (nSPS) is 23.3. The van der Waals surface area contributed by atoms with Crippen LogP contribution >= 0.6 is 0 Å². The SMILES string of the molecule is CCCCCCCC(=O)N[C@@H](CCN)C(=O)N[C@H](C(=O)N[C@@H](CO)C(=O)N[C@H]1CCNC(=O)[C@H]([C@@H](C)O)NC(=O)[C@H](CCN)NC(=O)[C@H](CCN)NC(=O)[C@H](CC(C)C)NC(=O)[C@@H](CC(C)C)NC(=O)[C@H](CCN)NC1=O)[C@@H](C)O. The first-order chi connectivity index (χ1) is 37.8. The van der Waals surface area contributed by atoms with Gasteiger partial charge in [0.25, 0.3) is 0 Å². The monoisotopic (exact) mass is 1140 g/mol. The zero-order valence-electron chi connectivity index (χ0n) is 47.7. The van der Waals surface area contributed by atoms with E-state index in [1.165, 1.54) is 6.92 Å². The number of unbranched alkanes of at least 4 members (excludes halogenated alkanes) is 4. The molecule has 12 atom stereocenters. The molecule has 1 heterocycles. The molecule has 0 bridgehead atoms. The molecule has 1 rings (SSSR count). The maximum absolute atomic E-state index is 14.3. The lowest BCUT2D eigenvalue weighted by molar-refractivity contribution is -0.137. The first-order valence-electron chi connectivity index (χ1n) is 27.9. The van der Waals surface area contributed by atoms with Gasteiger partial charge in [-0.05, 0) is 103 Å². The van der Waals surface area contributed by atoms with Crippen molar-refractivity contribution in [1.82, 2.24) is 58.5 Å². The van der Waals surface area contributed by atoms with Crippen molar-refractivity contribution in [2.75, 3.05) is 39.3 Å². The minimum Gasteiger partial charge on any atom is -0.394 e. The Kier molecular flexibility index (Phi) is 34.6. The van der Waals surface area contributed by atoms with E-state index >= 15 is 0 Å². The molecular weight excluding hydrogens is 1050 g/mol. The average molecular weight is 1140 g/mol. The Morgan fingerprint density at radius 2 is 1.01 bits per heavy atom. The van der Waals surface area contributed by atoms with Crippen LogP contribution in [0.4, 0.5) is 0 Å². The van der Waals surface area contributed by atoms with Crippen LogP contribution in [-0.4, -0.2) is 192 Å². The van der Waals surface area contributed by atoms with Crippen molar-refractivity contribution >= 4 is 65.0 Å². The molecule has 0 aliphatic carbocycles. The summed E-state index contributed by atoms with van der Waals surface area (Å²) in [6, 6.07) is -15.1. The van der Waals surface area contributed by atoms with Gasteiger partial charge in [0.2, 0.25) is 65.0 Å². The number of amides is 11. The summed E-state index contributed by atoms with van der Waals surface area (Å²) in [4.78, 5) is 152. The molecule has 0 spiro atoms. The van der Waals surface area contributed by atoms with Crippen molar-refractivity contribution < 1.29 is 68.1 Å². The quantitative estimate of drug-likeness (QED) is 0.0324. The van der Waals surface area contributed by atoms with Crippen molar-refractivity contribution in [3.8, 4) is 0 Å². The zero-order chi connectivity index (χ0) is 60.6. The Labute approximate surface area is 469 Å². The number of rotatable bonds is 28. The summed E-state index contributed by atoms with van der Waals surface area (Å²) >= 11 is 0. The molecule has 29 heteroatoms. The number of hydrogen-bond donors (Lipinski definition) is 18. The second kappa shape index (κ2) is 38.5. The van der Waals surface area contributed by atoms with Gasteiger partial charge in [-0.3, -0.25) is 52.7 Å². The molecule has 1 aliphatic heterocycles. The number of carbonyl (C=O) groups is 11. The van der Waals surface area contributed by atoms with E-state index in [1.807, 2.05) is 0 Å². The molecule has 1 fully saturated rings. The van der Waals surface area contributed by atoms with E-state index in [4.69, 9.17) is 22.9 Å². The molecule has 22 N–H and O–H groups in total. The molecule has 0 radical (unpaired) electrons. The Balaban J connectivity index is 3.78. The fourth-order valence-corrected chi connectivity index (χ4v) is 8.43. The van der Waals surface area contributed by atoms with Crippen molar-refractivity contribution in [1.29, 1.82) is 0 Å². The van der Waals surface area contributed by atoms with E-state index in [9.17, 15) is 68.1 Å². The maximum atomic E-state index is 14.3. The average Bonchev–Trinajstić information content (AvgIpc) is 3.38. The highest BCUT2D eigenvalue weighted by atomic mass is 16.3. The van der Waals surface area contributed by atoms with E-state index in [0.29, 0.717) is 6.42 Å².